The second kappa shape index (κ2) is 11.3. The molecule has 5 aromatic rings. The van der Waals surface area contributed by atoms with Crippen molar-refractivity contribution in [3.63, 3.8) is 0 Å². The number of aromatic nitrogens is 6. The number of nitrogens with zero attached hydrogens (tertiary/aromatic N) is 6. The Kier molecular flexibility index (Phi) is 7.38. The summed E-state index contributed by atoms with van der Waals surface area (Å²) in [6.45, 7) is 2.01. The first-order chi connectivity index (χ1) is 19.9. The highest BCUT2D eigenvalue weighted by Crippen LogP contribution is 2.35. The van der Waals surface area contributed by atoms with Gasteiger partial charge in [0.25, 0.3) is 5.56 Å². The fraction of sp³-hybridized carbons (Fsp3) is 0.258. The van der Waals surface area contributed by atoms with Crippen LogP contribution in [0.15, 0.2) is 84.4 Å². The lowest BCUT2D eigenvalue weighted by Gasteiger charge is -2.25. The van der Waals surface area contributed by atoms with E-state index in [-0.39, 0.29) is 17.5 Å². The van der Waals surface area contributed by atoms with Gasteiger partial charge < -0.3 is 10.4 Å². The maximum atomic E-state index is 13.7. The zero-order chi connectivity index (χ0) is 28.5. The second-order valence-electron chi connectivity index (χ2n) is 10.5. The number of aliphatic hydroxyl groups is 1. The predicted octanol–water partition coefficient (Wildman–Crippen LogP) is 5.56. The minimum Gasteiger partial charge on any atom is -0.374 e. The van der Waals surface area contributed by atoms with Crippen LogP contribution in [0.4, 0.5) is 5.69 Å². The summed E-state index contributed by atoms with van der Waals surface area (Å²) in [6, 6.07) is 14.5. The zero-order valence-electron chi connectivity index (χ0n) is 22.8. The van der Waals surface area contributed by atoms with Gasteiger partial charge in [-0.2, -0.15) is 5.10 Å². The van der Waals surface area contributed by atoms with Crippen LogP contribution in [0, 0.1) is 5.92 Å². The fourth-order valence-electron chi connectivity index (χ4n) is 5.49. The van der Waals surface area contributed by atoms with Gasteiger partial charge in [0.05, 0.1) is 41.3 Å². The Morgan fingerprint density at radius 2 is 1.78 bits per heavy atom. The average molecular weight is 568 g/mol. The van der Waals surface area contributed by atoms with Gasteiger partial charge in [-0.05, 0) is 60.4 Å². The SMILES string of the molecule is C[C@@H]1CCC[C@H](n2cnc(-c3cc(Cl)ccc3-c3ccncc3)cc2=O)c2cc(ccn2)-c2c(cnn2C)NC1O. The second-order valence-corrected chi connectivity index (χ2v) is 10.9. The van der Waals surface area contributed by atoms with Gasteiger partial charge in [-0.15, -0.1) is 0 Å². The van der Waals surface area contributed by atoms with Crippen LogP contribution in [0.2, 0.25) is 5.02 Å². The van der Waals surface area contributed by atoms with Gasteiger partial charge in [-0.3, -0.25) is 24.0 Å². The standard InChI is InChI=1S/C31H30ClN7O2/c1-19-4-3-5-28(26-14-21(10-13-34-26)30-27(37-31(19)41)17-36-38(30)2)39-18-35-25(16-29(39)40)24-15-22(32)6-7-23(24)20-8-11-33-12-9-20/h6-19,28,31,37,41H,3-5H2,1-2H3/t19-,28+,31?/m1/s1. The highest BCUT2D eigenvalue weighted by molar-refractivity contribution is 6.31. The lowest BCUT2D eigenvalue weighted by atomic mass is 9.96. The Balaban J connectivity index is 1.43. The van der Waals surface area contributed by atoms with Crippen molar-refractivity contribution < 1.29 is 5.11 Å². The van der Waals surface area contributed by atoms with Crippen LogP contribution >= 0.6 is 11.6 Å². The maximum Gasteiger partial charge on any atom is 0.254 e. The molecule has 0 spiro atoms. The molecule has 1 unspecified atom stereocenters. The molecule has 0 saturated heterocycles. The van der Waals surface area contributed by atoms with Crippen molar-refractivity contribution in [1.82, 2.24) is 29.3 Å². The first-order valence-corrected chi connectivity index (χ1v) is 14.0. The van der Waals surface area contributed by atoms with E-state index in [0.717, 1.165) is 52.2 Å². The van der Waals surface area contributed by atoms with E-state index in [1.807, 2.05) is 56.4 Å². The summed E-state index contributed by atoms with van der Waals surface area (Å²) < 4.78 is 3.43. The van der Waals surface area contributed by atoms with E-state index in [4.69, 9.17) is 21.6 Å². The number of halogens is 1. The monoisotopic (exact) mass is 567 g/mol. The largest absolute Gasteiger partial charge is 0.374 e. The lowest BCUT2D eigenvalue weighted by molar-refractivity contribution is 0.136. The third-order valence-electron chi connectivity index (χ3n) is 7.73. The number of anilines is 1. The Labute approximate surface area is 242 Å². The fourth-order valence-corrected chi connectivity index (χ4v) is 5.66. The van der Waals surface area contributed by atoms with Gasteiger partial charge >= 0.3 is 0 Å². The summed E-state index contributed by atoms with van der Waals surface area (Å²) in [5.41, 5.74) is 6.23. The number of nitrogens with one attached hydrogen (secondary N) is 1. The first-order valence-electron chi connectivity index (χ1n) is 13.6. The maximum absolute atomic E-state index is 13.7. The molecule has 0 saturated carbocycles. The van der Waals surface area contributed by atoms with E-state index in [9.17, 15) is 9.90 Å². The molecule has 0 radical (unpaired) electrons. The molecule has 2 N–H and O–H groups in total. The molecular formula is C31H30ClN7O2. The van der Waals surface area contributed by atoms with Gasteiger partial charge in [0.1, 0.15) is 6.23 Å². The van der Waals surface area contributed by atoms with E-state index in [1.54, 1.807) is 46.4 Å². The molecule has 1 aliphatic rings. The molecule has 0 fully saturated rings. The average Bonchev–Trinajstić information content (AvgIpc) is 3.34. The summed E-state index contributed by atoms with van der Waals surface area (Å²) in [4.78, 5) is 27.3. The van der Waals surface area contributed by atoms with Crippen molar-refractivity contribution in [3.8, 4) is 33.6 Å². The van der Waals surface area contributed by atoms with E-state index < -0.39 is 6.23 Å². The Bertz CT molecular complexity index is 1750. The van der Waals surface area contributed by atoms with Crippen LogP contribution in [0.3, 0.4) is 0 Å². The molecule has 9 nitrogen and oxygen atoms in total. The van der Waals surface area contributed by atoms with E-state index in [2.05, 4.69) is 15.4 Å². The van der Waals surface area contributed by atoms with Crippen molar-refractivity contribution in [1.29, 1.82) is 0 Å². The van der Waals surface area contributed by atoms with Gasteiger partial charge in [0, 0.05) is 53.8 Å². The highest BCUT2D eigenvalue weighted by atomic mass is 35.5. The highest BCUT2D eigenvalue weighted by Gasteiger charge is 2.24. The number of aryl methyl sites for hydroxylation is 1. The lowest BCUT2D eigenvalue weighted by Crippen LogP contribution is -2.29. The van der Waals surface area contributed by atoms with E-state index in [0.29, 0.717) is 17.1 Å². The Morgan fingerprint density at radius 1 is 0.976 bits per heavy atom. The molecule has 1 aliphatic heterocycles. The van der Waals surface area contributed by atoms with Crippen LogP contribution in [0.5, 0.6) is 0 Å². The summed E-state index contributed by atoms with van der Waals surface area (Å²) in [7, 11) is 1.86. The molecule has 10 heteroatoms. The Morgan fingerprint density at radius 3 is 2.59 bits per heavy atom. The molecule has 1 aromatic carbocycles. The van der Waals surface area contributed by atoms with Crippen LogP contribution < -0.4 is 10.9 Å². The van der Waals surface area contributed by atoms with Crippen LogP contribution in [0.25, 0.3) is 33.6 Å². The topological polar surface area (TPSA) is 111 Å². The van der Waals surface area contributed by atoms with E-state index >= 15 is 0 Å². The third kappa shape index (κ3) is 5.38. The number of pyridine rings is 2. The summed E-state index contributed by atoms with van der Waals surface area (Å²) >= 11 is 6.37. The van der Waals surface area contributed by atoms with Crippen LogP contribution in [-0.4, -0.2) is 40.6 Å². The molecule has 0 aliphatic carbocycles. The number of benzene rings is 1. The minimum absolute atomic E-state index is 0.0129. The quantitative estimate of drug-likeness (QED) is 0.293. The number of aliphatic hydroxyl groups excluding tert-OH is 1. The van der Waals surface area contributed by atoms with Crippen LogP contribution in [-0.2, 0) is 7.05 Å². The van der Waals surface area contributed by atoms with Crippen molar-refractivity contribution in [2.24, 2.45) is 13.0 Å². The van der Waals surface area contributed by atoms with Gasteiger partial charge in [0.2, 0.25) is 0 Å². The van der Waals surface area contributed by atoms with Gasteiger partial charge in [-0.25, -0.2) is 4.98 Å². The minimum atomic E-state index is -0.729. The molecular weight excluding hydrogens is 538 g/mol. The molecule has 6 rings (SSSR count). The zero-order valence-corrected chi connectivity index (χ0v) is 23.5. The molecule has 41 heavy (non-hydrogen) atoms. The summed E-state index contributed by atoms with van der Waals surface area (Å²) in [5.74, 6) is -0.0129. The molecule has 4 aromatic heterocycles. The number of rotatable bonds is 3. The summed E-state index contributed by atoms with van der Waals surface area (Å²) in [6.07, 6.45) is 10.0. The number of fused-ring (bicyclic) bond motifs is 4. The van der Waals surface area contributed by atoms with Gasteiger partial charge in [-0.1, -0.05) is 31.0 Å². The smallest absolute Gasteiger partial charge is 0.254 e. The van der Waals surface area contributed by atoms with Crippen LogP contribution in [0.1, 0.15) is 37.9 Å². The normalized spacial score (nSPS) is 19.0. The van der Waals surface area contributed by atoms with Crippen molar-refractivity contribution in [3.05, 3.63) is 101 Å². The van der Waals surface area contributed by atoms with Crippen molar-refractivity contribution in [2.75, 3.05) is 5.32 Å². The number of hydrogen-bond donors (Lipinski definition) is 2. The molecule has 3 atom stereocenters. The predicted molar refractivity (Wildman–Crippen MR) is 159 cm³/mol. The van der Waals surface area contributed by atoms with E-state index in [1.165, 1.54) is 0 Å². The van der Waals surface area contributed by atoms with Crippen molar-refractivity contribution in [2.45, 2.75) is 38.5 Å². The third-order valence-corrected chi connectivity index (χ3v) is 7.97. The summed E-state index contributed by atoms with van der Waals surface area (Å²) in [5, 5.41) is 19.0. The number of hydrogen-bond acceptors (Lipinski definition) is 7. The molecule has 5 heterocycles. The molecule has 2 bridgehead atoms. The Hall–Kier alpha value is -4.34. The molecule has 208 valence electrons. The molecule has 0 amide bonds. The first kappa shape index (κ1) is 26.9. The van der Waals surface area contributed by atoms with Crippen molar-refractivity contribution >= 4 is 17.3 Å². The van der Waals surface area contributed by atoms with Gasteiger partial charge in [0.15, 0.2) is 0 Å².